The number of methoxy groups -OCH3 is 1. The van der Waals surface area contributed by atoms with E-state index in [4.69, 9.17) is 16.3 Å². The lowest BCUT2D eigenvalue weighted by Gasteiger charge is -2.26. The van der Waals surface area contributed by atoms with Gasteiger partial charge in [0.1, 0.15) is 5.75 Å². The van der Waals surface area contributed by atoms with Crippen LogP contribution in [0.5, 0.6) is 5.75 Å². The lowest BCUT2D eigenvalue weighted by Crippen LogP contribution is -2.36. The third kappa shape index (κ3) is 2.81. The molecule has 19 heavy (non-hydrogen) atoms. The van der Waals surface area contributed by atoms with Crippen molar-refractivity contribution in [2.45, 2.75) is 17.8 Å². The van der Waals surface area contributed by atoms with Gasteiger partial charge in [-0.1, -0.05) is 12.1 Å². The Balaban J connectivity index is 2.33. The van der Waals surface area contributed by atoms with E-state index in [1.165, 1.54) is 24.1 Å². The number of ether oxygens (including phenoxy) is 1. The number of rotatable bonds is 3. The summed E-state index contributed by atoms with van der Waals surface area (Å²) in [6.07, 6.45) is 0.215. The lowest BCUT2D eigenvalue weighted by atomic mass is 10.1. The van der Waals surface area contributed by atoms with Crippen molar-refractivity contribution in [3.8, 4) is 5.75 Å². The zero-order valence-corrected chi connectivity index (χ0v) is 11.1. The number of esters is 1. The summed E-state index contributed by atoms with van der Waals surface area (Å²) >= 11 is 5.95. The van der Waals surface area contributed by atoms with Crippen molar-refractivity contribution in [3.05, 3.63) is 29.8 Å². The molecule has 6 heteroatoms. The first-order chi connectivity index (χ1) is 9.02. The van der Waals surface area contributed by atoms with Crippen LogP contribution < -0.4 is 0 Å². The summed E-state index contributed by atoms with van der Waals surface area (Å²) in [5.41, 5.74) is 0.587. The van der Waals surface area contributed by atoms with Crippen LogP contribution in [0.2, 0.25) is 0 Å². The van der Waals surface area contributed by atoms with Crippen LogP contribution in [0, 0.1) is 0 Å². The minimum Gasteiger partial charge on any atom is -0.508 e. The number of hydrogen-bond donors (Lipinski definition) is 1. The molecule has 0 bridgehead atoms. The van der Waals surface area contributed by atoms with Crippen molar-refractivity contribution in [2.24, 2.45) is 0 Å². The fourth-order valence-corrected chi connectivity index (χ4v) is 2.43. The van der Waals surface area contributed by atoms with Crippen molar-refractivity contribution < 1.29 is 19.4 Å². The second-order valence-corrected chi connectivity index (χ2v) is 4.98. The molecule has 0 saturated carbocycles. The topological polar surface area (TPSA) is 66.8 Å². The molecule has 1 amide bonds. The predicted molar refractivity (Wildman–Crippen MR) is 68.8 cm³/mol. The number of carbonyl (C=O) groups is 2. The van der Waals surface area contributed by atoms with Crippen LogP contribution in [0.4, 0.5) is 0 Å². The van der Waals surface area contributed by atoms with Crippen molar-refractivity contribution in [2.75, 3.05) is 13.7 Å². The molecule has 102 valence electrons. The largest absolute Gasteiger partial charge is 0.508 e. The van der Waals surface area contributed by atoms with Gasteiger partial charge in [0.05, 0.1) is 12.5 Å². The highest BCUT2D eigenvalue weighted by molar-refractivity contribution is 6.22. The summed E-state index contributed by atoms with van der Waals surface area (Å²) in [6.45, 7) is 0.307. The molecule has 2 atom stereocenters. The van der Waals surface area contributed by atoms with E-state index in [0.29, 0.717) is 12.1 Å². The molecule has 1 heterocycles. The molecule has 5 nitrogen and oxygen atoms in total. The van der Waals surface area contributed by atoms with Crippen LogP contribution in [-0.2, 0) is 14.3 Å². The van der Waals surface area contributed by atoms with Gasteiger partial charge in [0.2, 0.25) is 5.91 Å². The molecular weight excluding hydrogens is 270 g/mol. The van der Waals surface area contributed by atoms with E-state index in [1.807, 2.05) is 0 Å². The van der Waals surface area contributed by atoms with Crippen molar-refractivity contribution >= 4 is 23.5 Å². The molecule has 1 aromatic carbocycles. The van der Waals surface area contributed by atoms with E-state index in [-0.39, 0.29) is 23.5 Å². The summed E-state index contributed by atoms with van der Waals surface area (Å²) in [7, 11) is 1.27. The molecule has 1 fully saturated rings. The number of hydrogen-bond acceptors (Lipinski definition) is 4. The van der Waals surface area contributed by atoms with Gasteiger partial charge in [-0.15, -0.1) is 11.6 Å². The van der Waals surface area contributed by atoms with Gasteiger partial charge in [-0.3, -0.25) is 4.79 Å². The number of aromatic hydroxyl groups is 1. The Morgan fingerprint density at radius 3 is 2.58 bits per heavy atom. The average molecular weight is 284 g/mol. The van der Waals surface area contributed by atoms with E-state index in [9.17, 15) is 14.7 Å². The van der Waals surface area contributed by atoms with Crippen LogP contribution >= 0.6 is 11.6 Å². The Bertz CT molecular complexity index is 488. The maximum absolute atomic E-state index is 11.9. The molecule has 1 unspecified atom stereocenters. The van der Waals surface area contributed by atoms with E-state index in [0.717, 1.165) is 0 Å². The smallest absolute Gasteiger partial charge is 0.333 e. The summed E-state index contributed by atoms with van der Waals surface area (Å²) in [5.74, 6) is -0.608. The highest BCUT2D eigenvalue weighted by Gasteiger charge is 2.38. The lowest BCUT2D eigenvalue weighted by molar-refractivity contribution is -0.151. The Hall–Kier alpha value is -1.75. The zero-order valence-electron chi connectivity index (χ0n) is 10.4. The van der Waals surface area contributed by atoms with Crippen LogP contribution in [-0.4, -0.2) is 40.9 Å². The van der Waals surface area contributed by atoms with Gasteiger partial charge in [0.15, 0.2) is 6.04 Å². The highest BCUT2D eigenvalue weighted by atomic mass is 35.5. The maximum Gasteiger partial charge on any atom is 0.333 e. The van der Waals surface area contributed by atoms with Crippen molar-refractivity contribution in [1.29, 1.82) is 0 Å². The summed E-state index contributed by atoms with van der Waals surface area (Å²) in [4.78, 5) is 25.2. The third-order valence-corrected chi connectivity index (χ3v) is 3.35. The minimum absolute atomic E-state index is 0.0929. The maximum atomic E-state index is 11.9. The summed E-state index contributed by atoms with van der Waals surface area (Å²) in [6, 6.07) is 5.28. The molecule has 1 aliphatic rings. The average Bonchev–Trinajstić information content (AvgIpc) is 2.71. The molecule has 0 aromatic heterocycles. The number of benzene rings is 1. The van der Waals surface area contributed by atoms with Gasteiger partial charge in [-0.25, -0.2) is 4.79 Å². The van der Waals surface area contributed by atoms with E-state index < -0.39 is 12.0 Å². The molecule has 1 N–H and O–H groups in total. The normalized spacial score (nSPS) is 20.4. The second kappa shape index (κ2) is 5.48. The molecule has 0 spiro atoms. The van der Waals surface area contributed by atoms with Crippen LogP contribution in [0.25, 0.3) is 0 Å². The summed E-state index contributed by atoms with van der Waals surface area (Å²) < 4.78 is 4.75. The minimum atomic E-state index is -0.818. The predicted octanol–water partition coefficient (Wildman–Crippen LogP) is 1.45. The van der Waals surface area contributed by atoms with E-state index >= 15 is 0 Å². The Morgan fingerprint density at radius 1 is 1.47 bits per heavy atom. The van der Waals surface area contributed by atoms with Gasteiger partial charge in [0.25, 0.3) is 0 Å². The molecular formula is C13H14ClNO4. The van der Waals surface area contributed by atoms with Gasteiger partial charge >= 0.3 is 5.97 Å². The first-order valence-electron chi connectivity index (χ1n) is 5.83. The number of likely N-dealkylation sites (tertiary alicyclic amines) is 1. The standard InChI is InChI=1S/C13H14ClNO4/c1-19-13(18)12(8-2-4-10(16)5-3-8)15-7-9(14)6-11(15)17/h2-5,9,12,16H,6-7H2,1H3/t9?,12-/m1/s1. The Labute approximate surface area is 115 Å². The highest BCUT2D eigenvalue weighted by Crippen LogP contribution is 2.29. The fourth-order valence-electron chi connectivity index (χ4n) is 2.15. The molecule has 0 aliphatic carbocycles. The van der Waals surface area contributed by atoms with Gasteiger partial charge in [-0.2, -0.15) is 0 Å². The first-order valence-corrected chi connectivity index (χ1v) is 6.27. The Kier molecular flexibility index (Phi) is 3.95. The molecule has 1 aliphatic heterocycles. The van der Waals surface area contributed by atoms with E-state index in [1.54, 1.807) is 12.1 Å². The fraction of sp³-hybridized carbons (Fsp3) is 0.385. The molecule has 1 saturated heterocycles. The number of phenols is 1. The van der Waals surface area contributed by atoms with Crippen LogP contribution in [0.1, 0.15) is 18.0 Å². The first kappa shape index (κ1) is 13.7. The monoisotopic (exact) mass is 283 g/mol. The SMILES string of the molecule is COC(=O)[C@@H](c1ccc(O)cc1)N1CC(Cl)CC1=O. The third-order valence-electron chi connectivity index (χ3n) is 3.06. The zero-order chi connectivity index (χ0) is 14.0. The van der Waals surface area contributed by atoms with Gasteiger partial charge < -0.3 is 14.7 Å². The van der Waals surface area contributed by atoms with Crippen LogP contribution in [0.3, 0.4) is 0 Å². The van der Waals surface area contributed by atoms with Gasteiger partial charge in [-0.05, 0) is 17.7 Å². The number of phenolic OH excluding ortho intramolecular Hbond substituents is 1. The molecule has 2 rings (SSSR count). The number of amides is 1. The number of carbonyl (C=O) groups excluding carboxylic acids is 2. The number of nitrogens with zero attached hydrogens (tertiary/aromatic N) is 1. The Morgan fingerprint density at radius 2 is 2.11 bits per heavy atom. The second-order valence-electron chi connectivity index (χ2n) is 4.36. The summed E-state index contributed by atoms with van der Waals surface area (Å²) in [5, 5.41) is 8.98. The van der Waals surface area contributed by atoms with Gasteiger partial charge in [0, 0.05) is 13.0 Å². The quantitative estimate of drug-likeness (QED) is 0.673. The van der Waals surface area contributed by atoms with Crippen molar-refractivity contribution in [3.63, 3.8) is 0 Å². The van der Waals surface area contributed by atoms with Crippen LogP contribution in [0.15, 0.2) is 24.3 Å². The van der Waals surface area contributed by atoms with Crippen molar-refractivity contribution in [1.82, 2.24) is 4.90 Å². The molecule has 0 radical (unpaired) electrons. The molecule has 1 aromatic rings. The van der Waals surface area contributed by atoms with E-state index in [2.05, 4.69) is 0 Å². The number of halogens is 1. The number of alkyl halides is 1.